The summed E-state index contributed by atoms with van der Waals surface area (Å²) >= 11 is 0. The minimum absolute atomic E-state index is 0.165. The molecule has 0 radical (unpaired) electrons. The third kappa shape index (κ3) is 1.83. The maximum absolute atomic E-state index is 11.2. The molecule has 0 aromatic carbocycles. The Hall–Kier alpha value is -1.45. The van der Waals surface area contributed by atoms with E-state index >= 15 is 0 Å². The molecule has 0 N–H and O–H groups in total. The summed E-state index contributed by atoms with van der Waals surface area (Å²) in [6, 6.07) is 0. The first-order valence-corrected chi connectivity index (χ1v) is 4.02. The van der Waals surface area contributed by atoms with Gasteiger partial charge in [-0.25, -0.2) is 0 Å². The van der Waals surface area contributed by atoms with Crippen LogP contribution in [0.25, 0.3) is 0 Å². The Labute approximate surface area is 75.6 Å². The number of allylic oxidation sites excluding steroid dienone is 2. The fraction of sp³-hybridized carbons (Fsp3) is 0.444. The summed E-state index contributed by atoms with van der Waals surface area (Å²) in [4.78, 5) is 33.5. The van der Waals surface area contributed by atoms with Gasteiger partial charge >= 0.3 is 5.97 Å². The van der Waals surface area contributed by atoms with Gasteiger partial charge in [-0.1, -0.05) is 6.92 Å². The van der Waals surface area contributed by atoms with Gasteiger partial charge in [-0.2, -0.15) is 0 Å². The normalized spacial score (nSPS) is 22.3. The first-order valence-electron chi connectivity index (χ1n) is 4.02. The van der Waals surface area contributed by atoms with Crippen LogP contribution in [-0.4, -0.2) is 17.5 Å². The van der Waals surface area contributed by atoms with Gasteiger partial charge in [0.05, 0.1) is 0 Å². The van der Waals surface area contributed by atoms with Crippen molar-refractivity contribution in [1.29, 1.82) is 0 Å². The van der Waals surface area contributed by atoms with Crippen LogP contribution in [-0.2, 0) is 19.1 Å². The summed E-state index contributed by atoms with van der Waals surface area (Å²) in [5.41, 5.74) is 0. The average molecular weight is 182 g/mol. The highest BCUT2D eigenvalue weighted by Gasteiger charge is 2.36. The van der Waals surface area contributed by atoms with Crippen molar-refractivity contribution in [2.75, 3.05) is 0 Å². The second kappa shape index (κ2) is 3.51. The molecule has 0 aliphatic carbocycles. The van der Waals surface area contributed by atoms with E-state index in [1.165, 1.54) is 13.0 Å². The Morgan fingerprint density at radius 3 is 2.62 bits per heavy atom. The van der Waals surface area contributed by atoms with Gasteiger partial charge in [-0.05, 0) is 6.92 Å². The predicted molar refractivity (Wildman–Crippen MR) is 43.6 cm³/mol. The van der Waals surface area contributed by atoms with E-state index in [0.717, 1.165) is 0 Å². The van der Waals surface area contributed by atoms with Crippen molar-refractivity contribution < 1.29 is 19.1 Å². The molecule has 0 saturated heterocycles. The van der Waals surface area contributed by atoms with Gasteiger partial charge in [0.1, 0.15) is 5.76 Å². The maximum Gasteiger partial charge on any atom is 0.329 e. The van der Waals surface area contributed by atoms with Crippen LogP contribution in [0.2, 0.25) is 0 Å². The molecule has 70 valence electrons. The van der Waals surface area contributed by atoms with E-state index in [2.05, 4.69) is 4.74 Å². The monoisotopic (exact) mass is 182 g/mol. The molecule has 0 spiro atoms. The molecule has 13 heavy (non-hydrogen) atoms. The van der Waals surface area contributed by atoms with E-state index in [-0.39, 0.29) is 12.2 Å². The highest BCUT2D eigenvalue weighted by Crippen LogP contribution is 2.16. The summed E-state index contributed by atoms with van der Waals surface area (Å²) in [6.07, 6.45) is 1.35. The van der Waals surface area contributed by atoms with E-state index < -0.39 is 23.5 Å². The third-order valence-corrected chi connectivity index (χ3v) is 1.80. The lowest BCUT2D eigenvalue weighted by molar-refractivity contribution is -0.152. The number of Topliss-reactive ketones (excluding diaryl/α,β-unsaturated/α-hetero) is 1. The Morgan fingerprint density at radius 1 is 1.54 bits per heavy atom. The molecule has 1 rings (SSSR count). The quantitative estimate of drug-likeness (QED) is 0.463. The van der Waals surface area contributed by atoms with Crippen molar-refractivity contribution in [1.82, 2.24) is 0 Å². The SMILES string of the molecule is CCC(=O)[C@@H]1C(=O)C=C(C)OC1=O. The minimum atomic E-state index is -1.23. The Morgan fingerprint density at radius 2 is 2.15 bits per heavy atom. The van der Waals surface area contributed by atoms with Crippen molar-refractivity contribution in [3.8, 4) is 0 Å². The van der Waals surface area contributed by atoms with Gasteiger partial charge in [-0.15, -0.1) is 0 Å². The van der Waals surface area contributed by atoms with Crippen LogP contribution in [0.15, 0.2) is 11.8 Å². The van der Waals surface area contributed by atoms with Crippen molar-refractivity contribution in [3.05, 3.63) is 11.8 Å². The molecule has 0 amide bonds. The zero-order valence-electron chi connectivity index (χ0n) is 7.49. The summed E-state index contributed by atoms with van der Waals surface area (Å²) in [7, 11) is 0. The number of ketones is 2. The maximum atomic E-state index is 11.2. The first kappa shape index (κ1) is 9.64. The summed E-state index contributed by atoms with van der Waals surface area (Å²) in [6.45, 7) is 3.11. The zero-order chi connectivity index (χ0) is 10.0. The van der Waals surface area contributed by atoms with Gasteiger partial charge < -0.3 is 4.74 Å². The van der Waals surface area contributed by atoms with Crippen LogP contribution < -0.4 is 0 Å². The number of esters is 1. The second-order valence-electron chi connectivity index (χ2n) is 2.83. The topological polar surface area (TPSA) is 60.4 Å². The average Bonchev–Trinajstić information content (AvgIpc) is 2.02. The fourth-order valence-electron chi connectivity index (χ4n) is 1.14. The van der Waals surface area contributed by atoms with Gasteiger partial charge in [0.2, 0.25) is 0 Å². The van der Waals surface area contributed by atoms with E-state index in [4.69, 9.17) is 0 Å². The molecule has 1 atom stereocenters. The lowest BCUT2D eigenvalue weighted by Crippen LogP contribution is -2.35. The molecule has 0 aromatic rings. The largest absolute Gasteiger partial charge is 0.430 e. The first-order chi connectivity index (χ1) is 6.06. The molecular formula is C9H10O4. The van der Waals surface area contributed by atoms with Crippen molar-refractivity contribution in [2.24, 2.45) is 5.92 Å². The molecule has 0 aromatic heterocycles. The van der Waals surface area contributed by atoms with Gasteiger partial charge in [0.15, 0.2) is 17.5 Å². The molecule has 1 aliphatic heterocycles. The number of rotatable bonds is 2. The van der Waals surface area contributed by atoms with Crippen LogP contribution in [0.3, 0.4) is 0 Å². The van der Waals surface area contributed by atoms with Gasteiger partial charge in [-0.3, -0.25) is 14.4 Å². The number of carbonyl (C=O) groups excluding carboxylic acids is 3. The van der Waals surface area contributed by atoms with E-state index in [0.29, 0.717) is 0 Å². The summed E-state index contributed by atoms with van der Waals surface area (Å²) < 4.78 is 4.67. The molecule has 0 bridgehead atoms. The van der Waals surface area contributed by atoms with Gasteiger partial charge in [0.25, 0.3) is 0 Å². The van der Waals surface area contributed by atoms with Crippen LogP contribution in [0.1, 0.15) is 20.3 Å². The van der Waals surface area contributed by atoms with Crippen molar-refractivity contribution in [2.45, 2.75) is 20.3 Å². The summed E-state index contributed by atoms with van der Waals surface area (Å²) in [5.74, 6) is -2.60. The lowest BCUT2D eigenvalue weighted by atomic mass is 9.95. The zero-order valence-corrected chi connectivity index (χ0v) is 7.49. The van der Waals surface area contributed by atoms with Crippen LogP contribution in [0.5, 0.6) is 0 Å². The number of ether oxygens (including phenoxy) is 1. The standard InChI is InChI=1S/C9H10O4/c1-3-6(10)8-7(11)4-5(2)13-9(8)12/h4,8H,3H2,1-2H3/t8-/m1/s1. The van der Waals surface area contributed by atoms with E-state index in [1.54, 1.807) is 6.92 Å². The second-order valence-corrected chi connectivity index (χ2v) is 2.83. The Balaban J connectivity index is 2.93. The van der Waals surface area contributed by atoms with Crippen LogP contribution in [0, 0.1) is 5.92 Å². The van der Waals surface area contributed by atoms with E-state index in [9.17, 15) is 14.4 Å². The minimum Gasteiger partial charge on any atom is -0.430 e. The van der Waals surface area contributed by atoms with Crippen LogP contribution in [0.4, 0.5) is 0 Å². The smallest absolute Gasteiger partial charge is 0.329 e. The van der Waals surface area contributed by atoms with E-state index in [1.807, 2.05) is 0 Å². The number of hydrogen-bond donors (Lipinski definition) is 0. The highest BCUT2D eigenvalue weighted by molar-refractivity contribution is 6.21. The Bertz CT molecular complexity index is 301. The van der Waals surface area contributed by atoms with Crippen molar-refractivity contribution in [3.63, 3.8) is 0 Å². The molecule has 0 fully saturated rings. The third-order valence-electron chi connectivity index (χ3n) is 1.80. The fourth-order valence-corrected chi connectivity index (χ4v) is 1.14. The highest BCUT2D eigenvalue weighted by atomic mass is 16.5. The van der Waals surface area contributed by atoms with Crippen molar-refractivity contribution >= 4 is 17.5 Å². The molecule has 4 heteroatoms. The number of cyclic esters (lactones) is 1. The van der Waals surface area contributed by atoms with Gasteiger partial charge in [0, 0.05) is 12.5 Å². The number of hydrogen-bond acceptors (Lipinski definition) is 4. The predicted octanol–water partition coefficient (Wildman–Crippen LogP) is 0.611. The number of carbonyl (C=O) groups is 3. The summed E-state index contributed by atoms with van der Waals surface area (Å²) in [5, 5.41) is 0. The molecule has 1 aliphatic rings. The Kier molecular flexibility index (Phi) is 2.60. The van der Waals surface area contributed by atoms with Crippen LogP contribution >= 0.6 is 0 Å². The molecule has 0 unspecified atom stereocenters. The molecule has 0 saturated carbocycles. The molecular weight excluding hydrogens is 172 g/mol. The lowest BCUT2D eigenvalue weighted by Gasteiger charge is -2.16. The molecule has 4 nitrogen and oxygen atoms in total. The molecule has 1 heterocycles.